The van der Waals surface area contributed by atoms with E-state index < -0.39 is 78.4 Å². The van der Waals surface area contributed by atoms with Crippen LogP contribution in [0.5, 0.6) is 0 Å². The molecule has 41 heavy (non-hydrogen) atoms. The van der Waals surface area contributed by atoms with Crippen LogP contribution in [0.3, 0.4) is 0 Å². The fourth-order valence-electron chi connectivity index (χ4n) is 5.64. The lowest BCUT2D eigenvalue weighted by Crippen LogP contribution is -2.72. The molecule has 3 rings (SSSR count). The fraction of sp³-hybridized carbons (Fsp3) is 0.808. The molecule has 0 unspecified atom stereocenters. The number of esters is 4. The summed E-state index contributed by atoms with van der Waals surface area (Å²) >= 11 is 0. The van der Waals surface area contributed by atoms with Crippen molar-refractivity contribution >= 4 is 29.8 Å². The van der Waals surface area contributed by atoms with Crippen molar-refractivity contribution in [2.24, 2.45) is 0 Å². The molecule has 232 valence electrons. The van der Waals surface area contributed by atoms with E-state index in [-0.39, 0.29) is 6.42 Å². The quantitative estimate of drug-likeness (QED) is 0.254. The Hall–Kier alpha value is -2.85. The van der Waals surface area contributed by atoms with Crippen molar-refractivity contribution in [2.75, 3.05) is 47.1 Å². The lowest BCUT2D eigenvalue weighted by molar-refractivity contribution is -0.303. The van der Waals surface area contributed by atoms with Gasteiger partial charge in [0.2, 0.25) is 5.91 Å². The molecule has 0 saturated carbocycles. The topological polar surface area (TPSA) is 174 Å². The number of rotatable bonds is 10. The molecule has 0 radical (unpaired) electrons. The van der Waals surface area contributed by atoms with Crippen molar-refractivity contribution < 1.29 is 61.9 Å². The van der Waals surface area contributed by atoms with Gasteiger partial charge in [-0.05, 0) is 0 Å². The van der Waals surface area contributed by atoms with E-state index in [9.17, 15) is 24.0 Å². The van der Waals surface area contributed by atoms with Crippen LogP contribution in [-0.2, 0) is 61.9 Å². The molecule has 0 aromatic rings. The van der Waals surface area contributed by atoms with Crippen LogP contribution in [-0.4, -0.2) is 124 Å². The number of carbonyl (C=O) groups is 5. The van der Waals surface area contributed by atoms with Gasteiger partial charge in [0, 0.05) is 73.2 Å². The van der Waals surface area contributed by atoms with Gasteiger partial charge in [0.15, 0.2) is 18.0 Å². The first-order valence-corrected chi connectivity index (χ1v) is 13.4. The highest BCUT2D eigenvalue weighted by Gasteiger charge is 2.59. The predicted molar refractivity (Wildman–Crippen MR) is 136 cm³/mol. The third kappa shape index (κ3) is 7.92. The number of amides is 1. The first kappa shape index (κ1) is 32.7. The SMILES string of the molecule is COC(=O)[C@@]1(OC)C[C@H](N2CCC3(CC2)OCCO3)[C@@H](NC(C)=O)[C@H]([C@H](OC(C)=O)[C@@H](COC(C)=O)OC(C)=O)O1. The van der Waals surface area contributed by atoms with E-state index in [2.05, 4.69) is 5.32 Å². The number of carbonyl (C=O) groups excluding carboxylic acids is 5. The maximum atomic E-state index is 13.2. The molecule has 3 heterocycles. The van der Waals surface area contributed by atoms with E-state index in [1.165, 1.54) is 21.1 Å². The first-order chi connectivity index (χ1) is 19.3. The van der Waals surface area contributed by atoms with Gasteiger partial charge in [0.05, 0.1) is 26.4 Å². The van der Waals surface area contributed by atoms with Crippen molar-refractivity contribution in [2.45, 2.75) is 88.9 Å². The van der Waals surface area contributed by atoms with Gasteiger partial charge in [-0.15, -0.1) is 0 Å². The van der Waals surface area contributed by atoms with E-state index >= 15 is 0 Å². The zero-order valence-corrected chi connectivity index (χ0v) is 24.3. The molecule has 6 atom stereocenters. The van der Waals surface area contributed by atoms with Crippen LogP contribution < -0.4 is 5.32 Å². The van der Waals surface area contributed by atoms with E-state index in [1.54, 1.807) is 0 Å². The molecule has 3 aliphatic heterocycles. The summed E-state index contributed by atoms with van der Waals surface area (Å²) in [4.78, 5) is 63.7. The van der Waals surface area contributed by atoms with Crippen LogP contribution in [0.15, 0.2) is 0 Å². The summed E-state index contributed by atoms with van der Waals surface area (Å²) in [5.74, 6) is -6.20. The Morgan fingerprint density at radius 2 is 1.54 bits per heavy atom. The average Bonchev–Trinajstić information content (AvgIpc) is 3.37. The molecule has 0 aliphatic carbocycles. The van der Waals surface area contributed by atoms with Gasteiger partial charge in [-0.25, -0.2) is 4.79 Å². The summed E-state index contributed by atoms with van der Waals surface area (Å²) in [5.41, 5.74) is 0. The Morgan fingerprint density at radius 1 is 0.927 bits per heavy atom. The third-order valence-electron chi connectivity index (χ3n) is 7.37. The number of methoxy groups -OCH3 is 2. The minimum atomic E-state index is -1.99. The van der Waals surface area contributed by atoms with Gasteiger partial charge in [-0.2, -0.15) is 0 Å². The van der Waals surface area contributed by atoms with Crippen LogP contribution in [0.1, 0.15) is 47.0 Å². The maximum Gasteiger partial charge on any atom is 0.366 e. The molecule has 1 N–H and O–H groups in total. The van der Waals surface area contributed by atoms with Crippen molar-refractivity contribution in [3.05, 3.63) is 0 Å². The number of likely N-dealkylation sites (tertiary alicyclic amines) is 1. The molecule has 3 fully saturated rings. The number of nitrogens with zero attached hydrogens (tertiary/aromatic N) is 1. The highest BCUT2D eigenvalue weighted by Crippen LogP contribution is 2.40. The van der Waals surface area contributed by atoms with Gasteiger partial charge in [-0.1, -0.05) is 0 Å². The van der Waals surface area contributed by atoms with E-state index in [1.807, 2.05) is 4.90 Å². The van der Waals surface area contributed by atoms with Crippen molar-refractivity contribution in [1.29, 1.82) is 0 Å². The molecule has 1 amide bonds. The Balaban J connectivity index is 2.09. The van der Waals surface area contributed by atoms with Crippen LogP contribution >= 0.6 is 0 Å². The predicted octanol–water partition coefficient (Wildman–Crippen LogP) is -0.570. The molecule has 0 aromatic carbocycles. The second-order valence-corrected chi connectivity index (χ2v) is 10.2. The molecule has 15 heteroatoms. The fourth-order valence-corrected chi connectivity index (χ4v) is 5.64. The zero-order chi connectivity index (χ0) is 30.4. The van der Waals surface area contributed by atoms with Crippen molar-refractivity contribution in [1.82, 2.24) is 10.2 Å². The average molecular weight is 589 g/mol. The Bertz CT molecular complexity index is 974. The summed E-state index contributed by atoms with van der Waals surface area (Å²) in [5, 5.41) is 2.87. The molecule has 0 aromatic heterocycles. The minimum absolute atomic E-state index is 0.0682. The normalized spacial score (nSPS) is 29.2. The van der Waals surface area contributed by atoms with Crippen LogP contribution in [0.2, 0.25) is 0 Å². The van der Waals surface area contributed by atoms with Crippen molar-refractivity contribution in [3.63, 3.8) is 0 Å². The summed E-state index contributed by atoms with van der Waals surface area (Å²) in [6.07, 6.45) is -3.17. The molecular weight excluding hydrogens is 548 g/mol. The summed E-state index contributed by atoms with van der Waals surface area (Å²) in [7, 11) is 2.43. The molecule has 15 nitrogen and oxygen atoms in total. The number of hydrogen-bond acceptors (Lipinski definition) is 14. The van der Waals surface area contributed by atoms with E-state index in [0.29, 0.717) is 39.1 Å². The van der Waals surface area contributed by atoms with E-state index in [0.717, 1.165) is 20.8 Å². The molecular formula is C26H40N2O13. The molecule has 3 saturated heterocycles. The maximum absolute atomic E-state index is 13.2. The molecule has 3 aliphatic rings. The molecule has 1 spiro atoms. The number of ether oxygens (including phenoxy) is 8. The Kier molecular flexibility index (Phi) is 11.1. The second-order valence-electron chi connectivity index (χ2n) is 10.2. The minimum Gasteiger partial charge on any atom is -0.465 e. The van der Waals surface area contributed by atoms with Gasteiger partial charge in [0.1, 0.15) is 12.7 Å². The number of nitrogens with one attached hydrogen (secondary N) is 1. The van der Waals surface area contributed by atoms with Crippen LogP contribution in [0.25, 0.3) is 0 Å². The number of hydrogen-bond donors (Lipinski definition) is 1. The highest BCUT2D eigenvalue weighted by atomic mass is 16.7. The Labute approximate surface area is 238 Å². The largest absolute Gasteiger partial charge is 0.465 e. The number of piperidine rings is 1. The monoisotopic (exact) mass is 588 g/mol. The van der Waals surface area contributed by atoms with Gasteiger partial charge in [-0.3, -0.25) is 24.1 Å². The van der Waals surface area contributed by atoms with Crippen molar-refractivity contribution in [3.8, 4) is 0 Å². The van der Waals surface area contributed by atoms with E-state index in [4.69, 9.17) is 37.9 Å². The summed E-state index contributed by atoms with van der Waals surface area (Å²) in [6, 6.07) is -1.54. The van der Waals surface area contributed by atoms with Gasteiger partial charge >= 0.3 is 23.9 Å². The van der Waals surface area contributed by atoms with Crippen LogP contribution in [0, 0.1) is 0 Å². The highest BCUT2D eigenvalue weighted by molar-refractivity contribution is 5.78. The summed E-state index contributed by atoms with van der Waals surface area (Å²) in [6.45, 7) is 6.15. The third-order valence-corrected chi connectivity index (χ3v) is 7.37. The summed E-state index contributed by atoms with van der Waals surface area (Å²) < 4.78 is 44.7. The zero-order valence-electron chi connectivity index (χ0n) is 24.3. The smallest absolute Gasteiger partial charge is 0.366 e. The van der Waals surface area contributed by atoms with Crippen LogP contribution in [0.4, 0.5) is 0 Å². The Morgan fingerprint density at radius 3 is 2.02 bits per heavy atom. The molecule has 0 bridgehead atoms. The lowest BCUT2D eigenvalue weighted by atomic mass is 9.84. The first-order valence-electron chi connectivity index (χ1n) is 13.4. The van der Waals surface area contributed by atoms with Gasteiger partial charge < -0.3 is 43.2 Å². The van der Waals surface area contributed by atoms with Gasteiger partial charge in [0.25, 0.3) is 5.79 Å². The second kappa shape index (κ2) is 13.9. The lowest BCUT2D eigenvalue weighted by Gasteiger charge is -2.53. The standard InChI is InChI=1S/C26H40N2O13/c1-15(29)27-21-19(28-9-7-25(8-10-28)37-11-12-38-25)13-26(35-6,24(33)34-5)41-23(21)22(40-18(4)32)20(39-17(3)31)14-36-16(2)30/h19-23H,7-14H2,1-6H3,(H,27,29)/t19-,20+,21+,22+,23+,26+/m0/s1.